The summed E-state index contributed by atoms with van der Waals surface area (Å²) in [5.74, 6) is 0.769. The van der Waals surface area contributed by atoms with Crippen LogP contribution in [0.25, 0.3) is 0 Å². The average Bonchev–Trinajstić information content (AvgIpc) is 2.66. The fourth-order valence-corrected chi connectivity index (χ4v) is 2.90. The number of likely N-dealkylation sites (tertiary alicyclic amines) is 1. The monoisotopic (exact) mass is 477 g/mol. The van der Waals surface area contributed by atoms with Gasteiger partial charge in [0.1, 0.15) is 0 Å². The number of ether oxygens (including phenoxy) is 1. The molecular formula is C18H32IN5O2. The van der Waals surface area contributed by atoms with Crippen LogP contribution in [0.5, 0.6) is 0 Å². The van der Waals surface area contributed by atoms with Gasteiger partial charge in [-0.2, -0.15) is 0 Å². The molecule has 3 N–H and O–H groups in total. The van der Waals surface area contributed by atoms with E-state index in [0.717, 1.165) is 57.2 Å². The molecule has 0 bridgehead atoms. The molecule has 2 heterocycles. The third kappa shape index (κ3) is 8.15. The molecular weight excluding hydrogens is 445 g/mol. The molecule has 0 aromatic carbocycles. The zero-order valence-electron chi connectivity index (χ0n) is 15.7. The Labute approximate surface area is 173 Å². The van der Waals surface area contributed by atoms with Crippen LogP contribution in [0.2, 0.25) is 0 Å². The van der Waals surface area contributed by atoms with Crippen molar-refractivity contribution in [1.29, 1.82) is 0 Å². The van der Waals surface area contributed by atoms with Gasteiger partial charge in [0.2, 0.25) is 0 Å². The van der Waals surface area contributed by atoms with Crippen molar-refractivity contribution in [3.05, 3.63) is 30.1 Å². The Morgan fingerprint density at radius 2 is 2.08 bits per heavy atom. The molecule has 148 valence electrons. The number of methoxy groups -OCH3 is 1. The lowest BCUT2D eigenvalue weighted by atomic mass is 10.1. The smallest absolute Gasteiger partial charge is 0.191 e. The number of aliphatic imine (C=N–C) groups is 1. The van der Waals surface area contributed by atoms with Gasteiger partial charge in [0, 0.05) is 51.7 Å². The highest BCUT2D eigenvalue weighted by Crippen LogP contribution is 2.12. The van der Waals surface area contributed by atoms with Crippen LogP contribution in [0.3, 0.4) is 0 Å². The van der Waals surface area contributed by atoms with Gasteiger partial charge in [0.25, 0.3) is 0 Å². The Hall–Kier alpha value is -0.970. The Morgan fingerprint density at radius 3 is 2.69 bits per heavy atom. The first-order chi connectivity index (χ1) is 12.2. The Balaban J connectivity index is 0.00000338. The molecule has 26 heavy (non-hydrogen) atoms. The summed E-state index contributed by atoms with van der Waals surface area (Å²) in [7, 11) is 1.74. The summed E-state index contributed by atoms with van der Waals surface area (Å²) < 4.78 is 5.14. The van der Waals surface area contributed by atoms with Gasteiger partial charge in [0.15, 0.2) is 5.96 Å². The van der Waals surface area contributed by atoms with Crippen LogP contribution in [0.15, 0.2) is 29.5 Å². The fourth-order valence-electron chi connectivity index (χ4n) is 2.90. The highest BCUT2D eigenvalue weighted by Gasteiger charge is 2.19. The van der Waals surface area contributed by atoms with Gasteiger partial charge in [-0.3, -0.25) is 9.98 Å². The molecule has 1 atom stereocenters. The number of aromatic nitrogens is 1. The van der Waals surface area contributed by atoms with E-state index < -0.39 is 6.10 Å². The standard InChI is InChI=1S/C18H31N5O2.HI/c1-3-20-18(21-14-17(24)15-4-8-19-9-5-15)22-16-6-10-23(11-7-16)12-13-25-2;/h4-5,8-9,16-17,24H,3,6-7,10-14H2,1-2H3,(H2,20,21,22);1H. The van der Waals surface area contributed by atoms with Crippen LogP contribution in [0.4, 0.5) is 0 Å². The molecule has 0 spiro atoms. The largest absolute Gasteiger partial charge is 0.386 e. The molecule has 0 amide bonds. The second-order valence-corrected chi connectivity index (χ2v) is 6.27. The van der Waals surface area contributed by atoms with Gasteiger partial charge in [-0.25, -0.2) is 0 Å². The Kier molecular flexibility index (Phi) is 11.7. The third-order valence-corrected chi connectivity index (χ3v) is 4.40. The van der Waals surface area contributed by atoms with Gasteiger partial charge >= 0.3 is 0 Å². The minimum absolute atomic E-state index is 0. The second kappa shape index (κ2) is 13.2. The zero-order valence-corrected chi connectivity index (χ0v) is 18.1. The number of aliphatic hydroxyl groups is 1. The first-order valence-corrected chi connectivity index (χ1v) is 9.07. The van der Waals surface area contributed by atoms with Crippen molar-refractivity contribution in [3.63, 3.8) is 0 Å². The summed E-state index contributed by atoms with van der Waals surface area (Å²) in [6.07, 6.45) is 4.92. The van der Waals surface area contributed by atoms with Crippen molar-refractivity contribution < 1.29 is 9.84 Å². The van der Waals surface area contributed by atoms with Crippen LogP contribution in [0, 0.1) is 0 Å². The average molecular weight is 477 g/mol. The second-order valence-electron chi connectivity index (χ2n) is 6.27. The van der Waals surface area contributed by atoms with Gasteiger partial charge in [-0.1, -0.05) is 0 Å². The number of nitrogens with one attached hydrogen (secondary N) is 2. The van der Waals surface area contributed by atoms with Crippen LogP contribution >= 0.6 is 24.0 Å². The number of halogens is 1. The highest BCUT2D eigenvalue weighted by atomic mass is 127. The molecule has 1 unspecified atom stereocenters. The third-order valence-electron chi connectivity index (χ3n) is 4.40. The van der Waals surface area contributed by atoms with E-state index in [9.17, 15) is 5.11 Å². The van der Waals surface area contributed by atoms with E-state index in [-0.39, 0.29) is 24.0 Å². The summed E-state index contributed by atoms with van der Waals surface area (Å²) in [6, 6.07) is 4.04. The Bertz CT molecular complexity index is 510. The van der Waals surface area contributed by atoms with Crippen LogP contribution in [-0.2, 0) is 4.74 Å². The maximum Gasteiger partial charge on any atom is 0.191 e. The van der Waals surface area contributed by atoms with Crippen molar-refractivity contribution in [3.8, 4) is 0 Å². The summed E-state index contributed by atoms with van der Waals surface area (Å²) >= 11 is 0. The van der Waals surface area contributed by atoms with Gasteiger partial charge in [-0.05, 0) is 37.5 Å². The van der Waals surface area contributed by atoms with Crippen molar-refractivity contribution in [2.75, 3.05) is 46.4 Å². The summed E-state index contributed by atoms with van der Waals surface area (Å²) in [6.45, 7) is 7.09. The molecule has 1 aliphatic rings. The number of pyridine rings is 1. The van der Waals surface area contributed by atoms with Gasteiger partial charge < -0.3 is 25.4 Å². The van der Waals surface area contributed by atoms with E-state index in [4.69, 9.17) is 4.74 Å². The SMILES string of the molecule is CCNC(=NCC(O)c1ccncc1)NC1CCN(CCOC)CC1.I. The van der Waals surface area contributed by atoms with Crippen molar-refractivity contribution in [2.45, 2.75) is 31.9 Å². The lowest BCUT2D eigenvalue weighted by Gasteiger charge is -2.32. The molecule has 1 saturated heterocycles. The number of hydrogen-bond acceptors (Lipinski definition) is 5. The first kappa shape index (κ1) is 23.1. The number of guanidine groups is 1. The van der Waals surface area contributed by atoms with Crippen LogP contribution < -0.4 is 10.6 Å². The van der Waals surface area contributed by atoms with Crippen molar-refractivity contribution >= 4 is 29.9 Å². The number of nitrogens with zero attached hydrogens (tertiary/aromatic N) is 3. The zero-order chi connectivity index (χ0) is 17.9. The highest BCUT2D eigenvalue weighted by molar-refractivity contribution is 14.0. The molecule has 8 heteroatoms. The minimum atomic E-state index is -0.616. The summed E-state index contributed by atoms with van der Waals surface area (Å²) in [5.41, 5.74) is 0.834. The normalized spacial score (nSPS) is 17.4. The predicted octanol–water partition coefficient (Wildman–Crippen LogP) is 1.40. The fraction of sp³-hybridized carbons (Fsp3) is 0.667. The topological polar surface area (TPSA) is 82.0 Å². The first-order valence-electron chi connectivity index (χ1n) is 9.07. The number of rotatable bonds is 8. The molecule has 1 aliphatic heterocycles. The molecule has 1 fully saturated rings. The summed E-state index contributed by atoms with van der Waals surface area (Å²) in [5, 5.41) is 17.0. The quantitative estimate of drug-likeness (QED) is 0.299. The van der Waals surface area contributed by atoms with Crippen molar-refractivity contribution in [1.82, 2.24) is 20.5 Å². The number of piperidine rings is 1. The Morgan fingerprint density at radius 1 is 1.38 bits per heavy atom. The van der Waals surface area contributed by atoms with E-state index in [1.165, 1.54) is 0 Å². The van der Waals surface area contributed by atoms with E-state index in [0.29, 0.717) is 12.6 Å². The summed E-state index contributed by atoms with van der Waals surface area (Å²) in [4.78, 5) is 10.9. The lowest BCUT2D eigenvalue weighted by molar-refractivity contribution is 0.128. The van der Waals surface area contributed by atoms with Crippen LogP contribution in [0.1, 0.15) is 31.4 Å². The molecule has 1 aromatic rings. The molecule has 0 radical (unpaired) electrons. The number of aliphatic hydroxyl groups excluding tert-OH is 1. The maximum absolute atomic E-state index is 10.3. The van der Waals surface area contributed by atoms with Crippen molar-refractivity contribution in [2.24, 2.45) is 4.99 Å². The van der Waals surface area contributed by atoms with Gasteiger partial charge in [0.05, 0.1) is 19.3 Å². The van der Waals surface area contributed by atoms with E-state index in [1.54, 1.807) is 19.5 Å². The lowest BCUT2D eigenvalue weighted by Crippen LogP contribution is -2.49. The molecule has 1 aromatic heterocycles. The minimum Gasteiger partial charge on any atom is -0.386 e. The molecule has 0 saturated carbocycles. The van der Waals surface area contributed by atoms with Gasteiger partial charge in [-0.15, -0.1) is 24.0 Å². The number of hydrogen-bond donors (Lipinski definition) is 3. The molecule has 0 aliphatic carbocycles. The maximum atomic E-state index is 10.3. The molecule has 7 nitrogen and oxygen atoms in total. The van der Waals surface area contributed by atoms with E-state index in [1.807, 2.05) is 19.1 Å². The van der Waals surface area contributed by atoms with Crippen LogP contribution in [-0.4, -0.2) is 73.4 Å². The predicted molar refractivity (Wildman–Crippen MR) is 115 cm³/mol. The van der Waals surface area contributed by atoms with E-state index in [2.05, 4.69) is 25.5 Å². The van der Waals surface area contributed by atoms with E-state index >= 15 is 0 Å². The molecule has 2 rings (SSSR count).